The summed E-state index contributed by atoms with van der Waals surface area (Å²) in [4.78, 5) is 13.3. The van der Waals surface area contributed by atoms with Gasteiger partial charge in [0.25, 0.3) is 0 Å². The molecule has 0 unspecified atom stereocenters. The van der Waals surface area contributed by atoms with E-state index in [9.17, 15) is 4.79 Å². The lowest BCUT2D eigenvalue weighted by molar-refractivity contribution is 0.100. The number of nitrogens with zero attached hydrogens (tertiary/aromatic N) is 1. The summed E-state index contributed by atoms with van der Waals surface area (Å²) >= 11 is 0. The Morgan fingerprint density at radius 2 is 1.91 bits per heavy atom. The van der Waals surface area contributed by atoms with Crippen molar-refractivity contribution in [3.63, 3.8) is 0 Å². The lowest BCUT2D eigenvalue weighted by atomic mass is 10.1. The topological polar surface area (TPSA) is 59.5 Å². The molecule has 1 saturated carbocycles. The lowest BCUT2D eigenvalue weighted by Gasteiger charge is -2.15. The number of furan rings is 1. The van der Waals surface area contributed by atoms with Gasteiger partial charge in [-0.3, -0.25) is 9.69 Å². The SMILES string of the molecule is C[C@H]1C[C@@H]1c1ccc(CN(C)Cc2ccc(C(N)=O)cc2)o1. The molecule has 4 heteroatoms. The van der Waals surface area contributed by atoms with E-state index >= 15 is 0 Å². The van der Waals surface area contributed by atoms with Crippen LogP contribution in [0.1, 0.15) is 46.7 Å². The Kier molecular flexibility index (Phi) is 4.03. The van der Waals surface area contributed by atoms with Crippen LogP contribution in [0.25, 0.3) is 0 Å². The fourth-order valence-electron chi connectivity index (χ4n) is 2.81. The van der Waals surface area contributed by atoms with E-state index in [-0.39, 0.29) is 0 Å². The summed E-state index contributed by atoms with van der Waals surface area (Å²) < 4.78 is 5.93. The summed E-state index contributed by atoms with van der Waals surface area (Å²) in [6.45, 7) is 3.84. The second kappa shape index (κ2) is 5.97. The first-order valence-electron chi connectivity index (χ1n) is 7.69. The molecule has 1 aliphatic rings. The first-order chi connectivity index (χ1) is 10.5. The fourth-order valence-corrected chi connectivity index (χ4v) is 2.81. The molecule has 0 bridgehead atoms. The van der Waals surface area contributed by atoms with Crippen LogP contribution in [0.15, 0.2) is 40.8 Å². The molecule has 1 aromatic heterocycles. The molecule has 0 radical (unpaired) electrons. The number of amides is 1. The summed E-state index contributed by atoms with van der Waals surface area (Å²) in [6.07, 6.45) is 1.25. The van der Waals surface area contributed by atoms with Crippen molar-refractivity contribution >= 4 is 5.91 Å². The second-order valence-electron chi connectivity index (χ2n) is 6.36. The van der Waals surface area contributed by atoms with E-state index in [1.807, 2.05) is 12.1 Å². The molecule has 3 rings (SSSR count). The van der Waals surface area contributed by atoms with Gasteiger partial charge in [-0.2, -0.15) is 0 Å². The molecule has 0 spiro atoms. The number of primary amides is 1. The molecule has 0 aliphatic heterocycles. The lowest BCUT2D eigenvalue weighted by Crippen LogP contribution is -2.17. The zero-order chi connectivity index (χ0) is 15.7. The van der Waals surface area contributed by atoms with Crippen molar-refractivity contribution in [1.29, 1.82) is 0 Å². The van der Waals surface area contributed by atoms with Gasteiger partial charge in [-0.05, 0) is 49.2 Å². The summed E-state index contributed by atoms with van der Waals surface area (Å²) in [5.41, 5.74) is 6.94. The normalized spacial score (nSPS) is 20.3. The average molecular weight is 298 g/mol. The Balaban J connectivity index is 1.56. The van der Waals surface area contributed by atoms with Crippen molar-refractivity contribution in [2.24, 2.45) is 11.7 Å². The highest BCUT2D eigenvalue weighted by Crippen LogP contribution is 2.47. The highest BCUT2D eigenvalue weighted by Gasteiger charge is 2.36. The molecule has 1 fully saturated rings. The Morgan fingerprint density at radius 3 is 2.50 bits per heavy atom. The van der Waals surface area contributed by atoms with Crippen molar-refractivity contribution in [2.45, 2.75) is 32.4 Å². The number of hydrogen-bond acceptors (Lipinski definition) is 3. The molecule has 1 heterocycles. The van der Waals surface area contributed by atoms with Crippen LogP contribution in [0.3, 0.4) is 0 Å². The van der Waals surface area contributed by atoms with E-state index in [1.54, 1.807) is 12.1 Å². The van der Waals surface area contributed by atoms with Crippen molar-refractivity contribution in [3.05, 3.63) is 59.0 Å². The van der Waals surface area contributed by atoms with Gasteiger partial charge in [0, 0.05) is 18.0 Å². The fraction of sp³-hybridized carbons (Fsp3) is 0.389. The first kappa shape index (κ1) is 14.9. The van der Waals surface area contributed by atoms with E-state index in [4.69, 9.17) is 10.2 Å². The highest BCUT2D eigenvalue weighted by atomic mass is 16.3. The minimum atomic E-state index is -0.391. The first-order valence-corrected chi connectivity index (χ1v) is 7.69. The summed E-state index contributed by atoms with van der Waals surface area (Å²) in [6, 6.07) is 11.6. The number of carbonyl (C=O) groups excluding carboxylic acids is 1. The molecule has 2 aromatic rings. The maximum absolute atomic E-state index is 11.1. The zero-order valence-corrected chi connectivity index (χ0v) is 13.1. The van der Waals surface area contributed by atoms with Gasteiger partial charge in [0.1, 0.15) is 11.5 Å². The molecule has 1 aliphatic carbocycles. The van der Waals surface area contributed by atoms with Gasteiger partial charge in [-0.1, -0.05) is 19.1 Å². The number of carbonyl (C=O) groups is 1. The molecule has 2 N–H and O–H groups in total. The molecular formula is C18H22N2O2. The quantitative estimate of drug-likeness (QED) is 0.891. The number of nitrogens with two attached hydrogens (primary N) is 1. The van der Waals surface area contributed by atoms with Crippen LogP contribution in [-0.2, 0) is 13.1 Å². The molecule has 116 valence electrons. The molecule has 2 atom stereocenters. The molecular weight excluding hydrogens is 276 g/mol. The van der Waals surface area contributed by atoms with E-state index < -0.39 is 5.91 Å². The van der Waals surface area contributed by atoms with E-state index in [2.05, 4.69) is 31.0 Å². The summed E-state index contributed by atoms with van der Waals surface area (Å²) in [7, 11) is 2.06. The van der Waals surface area contributed by atoms with Crippen LogP contribution in [-0.4, -0.2) is 17.9 Å². The molecule has 1 aromatic carbocycles. The van der Waals surface area contributed by atoms with Crippen molar-refractivity contribution < 1.29 is 9.21 Å². The minimum absolute atomic E-state index is 0.391. The smallest absolute Gasteiger partial charge is 0.248 e. The molecule has 0 saturated heterocycles. The third kappa shape index (κ3) is 3.39. The van der Waals surface area contributed by atoms with E-state index in [0.717, 1.165) is 36.1 Å². The molecule has 22 heavy (non-hydrogen) atoms. The maximum Gasteiger partial charge on any atom is 0.248 e. The number of benzene rings is 1. The van der Waals surface area contributed by atoms with Crippen molar-refractivity contribution in [3.8, 4) is 0 Å². The van der Waals surface area contributed by atoms with Crippen LogP contribution in [0.4, 0.5) is 0 Å². The number of hydrogen-bond donors (Lipinski definition) is 1. The van der Waals surface area contributed by atoms with Crippen LogP contribution in [0.5, 0.6) is 0 Å². The van der Waals surface area contributed by atoms with Crippen LogP contribution >= 0.6 is 0 Å². The van der Waals surface area contributed by atoms with Crippen LogP contribution in [0, 0.1) is 5.92 Å². The van der Waals surface area contributed by atoms with Crippen LogP contribution in [0.2, 0.25) is 0 Å². The predicted octanol–water partition coefficient (Wildman–Crippen LogP) is 3.13. The monoisotopic (exact) mass is 298 g/mol. The van der Waals surface area contributed by atoms with Gasteiger partial charge in [0.2, 0.25) is 5.91 Å². The third-order valence-corrected chi connectivity index (χ3v) is 4.27. The Morgan fingerprint density at radius 1 is 1.23 bits per heavy atom. The van der Waals surface area contributed by atoms with E-state index in [1.165, 1.54) is 6.42 Å². The van der Waals surface area contributed by atoms with Crippen molar-refractivity contribution in [2.75, 3.05) is 7.05 Å². The molecule has 4 nitrogen and oxygen atoms in total. The third-order valence-electron chi connectivity index (χ3n) is 4.27. The minimum Gasteiger partial charge on any atom is -0.464 e. The highest BCUT2D eigenvalue weighted by molar-refractivity contribution is 5.92. The Hall–Kier alpha value is -2.07. The summed E-state index contributed by atoms with van der Waals surface area (Å²) in [5.74, 6) is 3.13. The van der Waals surface area contributed by atoms with Gasteiger partial charge >= 0.3 is 0 Å². The van der Waals surface area contributed by atoms with Gasteiger partial charge in [-0.25, -0.2) is 0 Å². The van der Waals surface area contributed by atoms with Gasteiger partial charge in [0.15, 0.2) is 0 Å². The Bertz CT molecular complexity index is 660. The zero-order valence-electron chi connectivity index (χ0n) is 13.1. The Labute approximate surface area is 130 Å². The predicted molar refractivity (Wildman–Crippen MR) is 85.4 cm³/mol. The van der Waals surface area contributed by atoms with Gasteiger partial charge in [-0.15, -0.1) is 0 Å². The summed E-state index contributed by atoms with van der Waals surface area (Å²) in [5, 5.41) is 0. The van der Waals surface area contributed by atoms with Gasteiger partial charge in [0.05, 0.1) is 6.54 Å². The van der Waals surface area contributed by atoms with Crippen molar-refractivity contribution in [1.82, 2.24) is 4.90 Å². The standard InChI is InChI=1S/C18H22N2O2/c1-12-9-16(12)17-8-7-15(22-17)11-20(2)10-13-3-5-14(6-4-13)18(19)21/h3-8,12,16H,9-11H2,1-2H3,(H2,19,21)/t12-,16-/m0/s1. The average Bonchev–Trinajstić information content (AvgIpc) is 3.03. The maximum atomic E-state index is 11.1. The largest absolute Gasteiger partial charge is 0.464 e. The van der Waals surface area contributed by atoms with Crippen LogP contribution < -0.4 is 5.73 Å². The van der Waals surface area contributed by atoms with E-state index in [0.29, 0.717) is 11.5 Å². The number of rotatable bonds is 6. The second-order valence-corrected chi connectivity index (χ2v) is 6.36. The van der Waals surface area contributed by atoms with Gasteiger partial charge < -0.3 is 10.2 Å². The molecule has 1 amide bonds.